The van der Waals surface area contributed by atoms with Crippen molar-refractivity contribution in [1.82, 2.24) is 4.90 Å². The van der Waals surface area contributed by atoms with Gasteiger partial charge in [-0.1, -0.05) is 35.3 Å². The first-order valence-electron chi connectivity index (χ1n) is 11.2. The lowest BCUT2D eigenvalue weighted by molar-refractivity contribution is -0.153. The molecule has 0 bridgehead atoms. The Morgan fingerprint density at radius 3 is 2.45 bits per heavy atom. The summed E-state index contributed by atoms with van der Waals surface area (Å²) >= 11 is 12.3. The lowest BCUT2D eigenvalue weighted by atomic mass is 10.0. The first-order valence-corrected chi connectivity index (χ1v) is 11.9. The van der Waals surface area contributed by atoms with E-state index in [9.17, 15) is 27.2 Å². The highest BCUT2D eigenvalue weighted by molar-refractivity contribution is 6.34. The van der Waals surface area contributed by atoms with Crippen LogP contribution in [0.2, 0.25) is 10.0 Å². The van der Waals surface area contributed by atoms with Gasteiger partial charge in [0.25, 0.3) is 11.8 Å². The number of ether oxygens (including phenoxy) is 2. The summed E-state index contributed by atoms with van der Waals surface area (Å²) in [6.45, 7) is -0.784. The molecule has 3 aromatic carbocycles. The second kappa shape index (κ2) is 11.2. The molecule has 3 aromatic rings. The van der Waals surface area contributed by atoms with Gasteiger partial charge in [0, 0.05) is 36.3 Å². The Morgan fingerprint density at radius 2 is 1.79 bits per heavy atom. The Balaban J connectivity index is 1.66. The summed E-state index contributed by atoms with van der Waals surface area (Å²) in [5, 5.41) is 2.40. The van der Waals surface area contributed by atoms with Gasteiger partial charge in [-0.15, -0.1) is 0 Å². The second-order valence-electron chi connectivity index (χ2n) is 8.43. The minimum atomic E-state index is -4.67. The van der Waals surface area contributed by atoms with Gasteiger partial charge in [-0.05, 0) is 48.0 Å². The van der Waals surface area contributed by atoms with E-state index >= 15 is 0 Å². The number of benzene rings is 3. The van der Waals surface area contributed by atoms with E-state index in [0.717, 1.165) is 6.07 Å². The maximum absolute atomic E-state index is 14.2. The third kappa shape index (κ3) is 6.20. The summed E-state index contributed by atoms with van der Waals surface area (Å²) in [6, 6.07) is 12.2. The van der Waals surface area contributed by atoms with Crippen LogP contribution >= 0.6 is 23.2 Å². The van der Waals surface area contributed by atoms with Gasteiger partial charge in [-0.25, -0.2) is 4.39 Å². The van der Waals surface area contributed by atoms with Crippen LogP contribution in [0.1, 0.15) is 20.7 Å². The van der Waals surface area contributed by atoms with Crippen LogP contribution in [0.3, 0.4) is 0 Å². The molecule has 4 rings (SSSR count). The molecule has 1 fully saturated rings. The van der Waals surface area contributed by atoms with E-state index in [1.54, 1.807) is 18.1 Å². The molecule has 6 nitrogen and oxygen atoms in total. The van der Waals surface area contributed by atoms with E-state index in [1.807, 2.05) is 0 Å². The van der Waals surface area contributed by atoms with Gasteiger partial charge < -0.3 is 19.7 Å². The van der Waals surface area contributed by atoms with Crippen molar-refractivity contribution in [3.05, 3.63) is 81.6 Å². The maximum atomic E-state index is 14.2. The van der Waals surface area contributed by atoms with Crippen molar-refractivity contribution in [3.8, 4) is 16.9 Å². The van der Waals surface area contributed by atoms with Crippen molar-refractivity contribution >= 4 is 40.7 Å². The fourth-order valence-electron chi connectivity index (χ4n) is 3.79. The molecule has 1 aliphatic rings. The average Bonchev–Trinajstić information content (AvgIpc) is 2.82. The number of nitrogens with one attached hydrogen (secondary N) is 1. The number of hydrogen-bond donors (Lipinski definition) is 1. The Morgan fingerprint density at radius 1 is 1.05 bits per heavy atom. The smallest absolute Gasteiger partial charge is 0.422 e. The van der Waals surface area contributed by atoms with Gasteiger partial charge in [-0.3, -0.25) is 9.59 Å². The van der Waals surface area contributed by atoms with Crippen LogP contribution in [0, 0.1) is 5.82 Å². The molecule has 0 unspecified atom stereocenters. The predicted molar refractivity (Wildman–Crippen MR) is 135 cm³/mol. The number of rotatable bonds is 7. The Labute approximate surface area is 225 Å². The SMILES string of the molecule is COC1CN(C(=O)c2ccc(Cl)c(-c3ccc(NC(=O)c4c(F)cccc4Cl)c(OCC(F)(F)F)c3)c2)C1. The lowest BCUT2D eigenvalue weighted by Crippen LogP contribution is -2.54. The lowest BCUT2D eigenvalue weighted by Gasteiger charge is -2.38. The molecule has 200 valence electrons. The molecule has 38 heavy (non-hydrogen) atoms. The number of halogens is 6. The monoisotopic (exact) mass is 570 g/mol. The largest absolute Gasteiger partial charge is 0.482 e. The van der Waals surface area contributed by atoms with E-state index < -0.39 is 30.1 Å². The predicted octanol–water partition coefficient (Wildman–Crippen LogP) is 6.46. The van der Waals surface area contributed by atoms with Crippen LogP contribution < -0.4 is 10.1 Å². The van der Waals surface area contributed by atoms with Gasteiger partial charge in [0.1, 0.15) is 11.6 Å². The number of hydrogen-bond acceptors (Lipinski definition) is 4. The van der Waals surface area contributed by atoms with E-state index in [1.165, 1.54) is 42.5 Å². The fraction of sp³-hybridized carbons (Fsp3) is 0.231. The summed E-state index contributed by atoms with van der Waals surface area (Å²) in [6.07, 6.45) is -4.71. The minimum Gasteiger partial charge on any atom is -0.482 e. The third-order valence-corrected chi connectivity index (χ3v) is 6.45. The van der Waals surface area contributed by atoms with E-state index in [2.05, 4.69) is 5.32 Å². The van der Waals surface area contributed by atoms with E-state index in [4.69, 9.17) is 32.7 Å². The molecule has 0 spiro atoms. The van der Waals surface area contributed by atoms with Gasteiger partial charge in [0.05, 0.1) is 22.4 Å². The third-order valence-electron chi connectivity index (χ3n) is 5.80. The zero-order valence-corrected chi connectivity index (χ0v) is 21.3. The van der Waals surface area contributed by atoms with Crippen molar-refractivity contribution in [3.63, 3.8) is 0 Å². The standard InChI is InChI=1S/C26H20Cl2F4N2O4/c1-37-16-11-34(12-16)25(36)15-5-7-18(27)17(9-15)14-6-8-21(22(10-14)38-13-26(30,31)32)33-24(35)23-19(28)3-2-4-20(23)29/h2-10,16H,11-13H2,1H3,(H,33,35). The Bertz CT molecular complexity index is 1360. The normalized spacial score (nSPS) is 13.7. The summed E-state index contributed by atoms with van der Waals surface area (Å²) < 4.78 is 63.2. The molecule has 0 aromatic heterocycles. The quantitative estimate of drug-likeness (QED) is 0.331. The van der Waals surface area contributed by atoms with Gasteiger partial charge in [-0.2, -0.15) is 13.2 Å². The van der Waals surface area contributed by atoms with Crippen LogP contribution in [0.4, 0.5) is 23.2 Å². The van der Waals surface area contributed by atoms with Crippen LogP contribution in [-0.2, 0) is 4.74 Å². The molecule has 1 N–H and O–H groups in total. The molecular formula is C26H20Cl2F4N2O4. The molecule has 1 saturated heterocycles. The van der Waals surface area contributed by atoms with E-state index in [0.29, 0.717) is 29.8 Å². The molecule has 12 heteroatoms. The van der Waals surface area contributed by atoms with Crippen LogP contribution in [0.15, 0.2) is 54.6 Å². The first-order chi connectivity index (χ1) is 18.0. The minimum absolute atomic E-state index is 0.0407. The summed E-state index contributed by atoms with van der Waals surface area (Å²) in [5.41, 5.74) is 0.367. The van der Waals surface area contributed by atoms with Crippen molar-refractivity contribution in [2.75, 3.05) is 32.1 Å². The van der Waals surface area contributed by atoms with E-state index in [-0.39, 0.29) is 33.5 Å². The molecule has 0 radical (unpaired) electrons. The van der Waals surface area contributed by atoms with Crippen molar-refractivity contribution < 1.29 is 36.6 Å². The van der Waals surface area contributed by atoms with Gasteiger partial charge >= 0.3 is 6.18 Å². The first kappa shape index (κ1) is 27.7. The Hall–Kier alpha value is -3.34. The Kier molecular flexibility index (Phi) is 8.15. The molecular weight excluding hydrogens is 551 g/mol. The van der Waals surface area contributed by atoms with Gasteiger partial charge in [0.15, 0.2) is 6.61 Å². The highest BCUT2D eigenvalue weighted by Gasteiger charge is 2.32. The highest BCUT2D eigenvalue weighted by Crippen LogP contribution is 2.36. The zero-order chi connectivity index (χ0) is 27.6. The number of carbonyl (C=O) groups excluding carboxylic acids is 2. The number of alkyl halides is 3. The zero-order valence-electron chi connectivity index (χ0n) is 19.7. The molecule has 2 amide bonds. The number of anilines is 1. The molecule has 1 aliphatic heterocycles. The second-order valence-corrected chi connectivity index (χ2v) is 9.24. The molecule has 0 aliphatic carbocycles. The van der Waals surface area contributed by atoms with Crippen molar-refractivity contribution in [1.29, 1.82) is 0 Å². The summed E-state index contributed by atoms with van der Waals surface area (Å²) in [5.74, 6) is -2.49. The number of likely N-dealkylation sites (tertiary alicyclic amines) is 1. The molecule has 0 atom stereocenters. The van der Waals surface area contributed by atoms with Crippen molar-refractivity contribution in [2.24, 2.45) is 0 Å². The fourth-order valence-corrected chi connectivity index (χ4v) is 4.26. The number of carbonyl (C=O) groups is 2. The van der Waals surface area contributed by atoms with Crippen molar-refractivity contribution in [2.45, 2.75) is 12.3 Å². The van der Waals surface area contributed by atoms with Crippen LogP contribution in [0.25, 0.3) is 11.1 Å². The highest BCUT2D eigenvalue weighted by atomic mass is 35.5. The van der Waals surface area contributed by atoms with Crippen LogP contribution in [0.5, 0.6) is 5.75 Å². The number of nitrogens with zero attached hydrogens (tertiary/aromatic N) is 1. The number of amides is 2. The summed E-state index contributed by atoms with van der Waals surface area (Å²) in [4.78, 5) is 27.1. The topological polar surface area (TPSA) is 67.9 Å². The average molecular weight is 571 g/mol. The van der Waals surface area contributed by atoms with Gasteiger partial charge in [0.2, 0.25) is 0 Å². The summed E-state index contributed by atoms with van der Waals surface area (Å²) in [7, 11) is 1.56. The molecule has 1 heterocycles. The molecule has 0 saturated carbocycles. The van der Waals surface area contributed by atoms with Crippen LogP contribution in [-0.4, -0.2) is 55.8 Å². The number of methoxy groups -OCH3 is 1. The maximum Gasteiger partial charge on any atom is 0.422 e.